The molecule has 0 atom stereocenters. The van der Waals surface area contributed by atoms with Gasteiger partial charge in [-0.3, -0.25) is 0 Å². The first-order valence-electron chi connectivity index (χ1n) is 10.7. The monoisotopic (exact) mass is 426 g/mol. The molecule has 0 saturated heterocycles. The van der Waals surface area contributed by atoms with E-state index in [1.165, 1.54) is 0 Å². The number of benzene rings is 4. The van der Waals surface area contributed by atoms with Crippen LogP contribution in [0.4, 0.5) is 20.2 Å². The third-order valence-corrected chi connectivity index (χ3v) is 6.01. The zero-order valence-corrected chi connectivity index (χ0v) is 18.1. The third kappa shape index (κ3) is 3.84. The topological polar surface area (TPSA) is 6.48 Å². The minimum atomic E-state index is -0.254. The second kappa shape index (κ2) is 8.12. The summed E-state index contributed by atoms with van der Waals surface area (Å²) in [5.41, 5.74) is 7.28. The Morgan fingerprint density at radius 3 is 1.41 bits per heavy atom. The van der Waals surface area contributed by atoms with Crippen molar-refractivity contribution in [2.24, 2.45) is 0 Å². The first kappa shape index (κ1) is 20.3. The summed E-state index contributed by atoms with van der Waals surface area (Å²) in [5.74, 6) is -0.507. The minimum absolute atomic E-state index is 0.254. The predicted octanol–water partition coefficient (Wildman–Crippen LogP) is 6.89. The summed E-state index contributed by atoms with van der Waals surface area (Å²) in [5, 5.41) is 0. The highest BCUT2D eigenvalue weighted by molar-refractivity contribution is 5.81. The lowest BCUT2D eigenvalue weighted by atomic mass is 9.97. The number of halogens is 2. The van der Waals surface area contributed by atoms with Gasteiger partial charge in [-0.1, -0.05) is 36.4 Å². The molecule has 1 heterocycles. The highest BCUT2D eigenvalue weighted by Crippen LogP contribution is 2.36. The average molecular weight is 427 g/mol. The Morgan fingerprint density at radius 2 is 0.969 bits per heavy atom. The van der Waals surface area contributed by atoms with Crippen LogP contribution in [0, 0.1) is 11.6 Å². The van der Waals surface area contributed by atoms with Gasteiger partial charge in [0.25, 0.3) is 0 Å². The average Bonchev–Trinajstić information content (AvgIpc) is 2.77. The molecule has 0 aliphatic carbocycles. The second-order valence-electron chi connectivity index (χ2n) is 8.44. The second-order valence-corrected chi connectivity index (χ2v) is 8.44. The lowest BCUT2D eigenvalue weighted by Gasteiger charge is -2.26. The lowest BCUT2D eigenvalue weighted by molar-refractivity contribution is 0.624. The first-order chi connectivity index (χ1) is 15.5. The van der Waals surface area contributed by atoms with E-state index in [1.807, 2.05) is 62.6 Å². The fourth-order valence-electron chi connectivity index (χ4n) is 4.61. The van der Waals surface area contributed by atoms with Crippen molar-refractivity contribution in [3.63, 3.8) is 0 Å². The third-order valence-electron chi connectivity index (χ3n) is 6.01. The van der Waals surface area contributed by atoms with E-state index in [4.69, 9.17) is 0 Å². The molecule has 4 aromatic rings. The van der Waals surface area contributed by atoms with Crippen LogP contribution in [0.5, 0.6) is 0 Å². The Morgan fingerprint density at radius 1 is 0.562 bits per heavy atom. The van der Waals surface area contributed by atoms with Crippen molar-refractivity contribution in [3.05, 3.63) is 108 Å². The molecule has 0 unspecified atom stereocenters. The van der Waals surface area contributed by atoms with Gasteiger partial charge in [-0.15, -0.1) is 0 Å². The predicted molar refractivity (Wildman–Crippen MR) is 128 cm³/mol. The Bertz CT molecular complexity index is 1200. The molecule has 4 heteroatoms. The molecule has 1 aliphatic heterocycles. The van der Waals surface area contributed by atoms with Crippen LogP contribution in [0.25, 0.3) is 22.3 Å². The van der Waals surface area contributed by atoms with Crippen LogP contribution in [-0.4, -0.2) is 14.1 Å². The SMILES string of the molecule is CN1Cc2cc(F)cc(c2)-c2ccccc2N(C)Cc2cc(F)cc(c2)-c2ccccc21. The molecule has 0 spiro atoms. The largest absolute Gasteiger partial charge is 0.370 e. The van der Waals surface area contributed by atoms with Crippen molar-refractivity contribution in [1.29, 1.82) is 0 Å². The number of para-hydroxylation sites is 2. The maximum Gasteiger partial charge on any atom is 0.124 e. The van der Waals surface area contributed by atoms with E-state index in [-0.39, 0.29) is 11.6 Å². The molecule has 160 valence electrons. The summed E-state index contributed by atoms with van der Waals surface area (Å²) in [4.78, 5) is 4.17. The normalized spacial score (nSPS) is 13.2. The van der Waals surface area contributed by atoms with Crippen LogP contribution >= 0.6 is 0 Å². The number of fused-ring (bicyclic) bond motifs is 8. The number of hydrogen-bond donors (Lipinski definition) is 0. The van der Waals surface area contributed by atoms with Crippen molar-refractivity contribution in [1.82, 2.24) is 0 Å². The molecule has 0 N–H and O–H groups in total. The van der Waals surface area contributed by atoms with E-state index < -0.39 is 0 Å². The maximum absolute atomic E-state index is 14.7. The molecular formula is C28H24F2N2. The van der Waals surface area contributed by atoms with Gasteiger partial charge in [-0.25, -0.2) is 8.78 Å². The molecular weight excluding hydrogens is 402 g/mol. The lowest BCUT2D eigenvalue weighted by Crippen LogP contribution is -2.19. The highest BCUT2D eigenvalue weighted by atomic mass is 19.1. The highest BCUT2D eigenvalue weighted by Gasteiger charge is 2.16. The van der Waals surface area contributed by atoms with Gasteiger partial charge in [0, 0.05) is 49.7 Å². The Balaban J connectivity index is 1.75. The molecule has 0 fully saturated rings. The summed E-state index contributed by atoms with van der Waals surface area (Å²) in [6.07, 6.45) is 0. The van der Waals surface area contributed by atoms with Crippen LogP contribution in [0.2, 0.25) is 0 Å². The summed E-state index contributed by atoms with van der Waals surface area (Å²) in [6.45, 7) is 1.06. The van der Waals surface area contributed by atoms with Crippen LogP contribution in [0.15, 0.2) is 84.9 Å². The zero-order chi connectivity index (χ0) is 22.2. The van der Waals surface area contributed by atoms with Crippen molar-refractivity contribution in [2.75, 3.05) is 23.9 Å². The first-order valence-corrected chi connectivity index (χ1v) is 10.7. The van der Waals surface area contributed by atoms with E-state index >= 15 is 0 Å². The number of nitrogens with zero attached hydrogens (tertiary/aromatic N) is 2. The van der Waals surface area contributed by atoms with Gasteiger partial charge >= 0.3 is 0 Å². The van der Waals surface area contributed by atoms with Gasteiger partial charge in [0.15, 0.2) is 0 Å². The summed E-state index contributed by atoms with van der Waals surface area (Å²) in [6, 6.07) is 26.4. The van der Waals surface area contributed by atoms with Crippen LogP contribution in [-0.2, 0) is 13.1 Å². The van der Waals surface area contributed by atoms with Crippen LogP contribution in [0.3, 0.4) is 0 Å². The van der Waals surface area contributed by atoms with Crippen LogP contribution < -0.4 is 9.80 Å². The van der Waals surface area contributed by atoms with E-state index in [1.54, 1.807) is 24.3 Å². The standard InChI is InChI=1S/C28H24F2N2/c1-31-17-19-11-22(16-23(29)13-19)26-8-4-6-10-28(26)32(2)18-20-12-21(15-24(30)14-20)25-7-3-5-9-27(25)31/h3-16H,17-18H2,1-2H3. The van der Waals surface area contributed by atoms with Gasteiger partial charge in [-0.05, 0) is 70.8 Å². The zero-order valence-electron chi connectivity index (χ0n) is 18.1. The molecule has 0 saturated carbocycles. The molecule has 1 aliphatic rings. The van der Waals surface area contributed by atoms with Crippen molar-refractivity contribution >= 4 is 11.4 Å². The van der Waals surface area contributed by atoms with E-state index in [0.29, 0.717) is 13.1 Å². The molecule has 4 bridgehead atoms. The van der Waals surface area contributed by atoms with Gasteiger partial charge in [0.1, 0.15) is 11.6 Å². The molecule has 0 aromatic heterocycles. The molecule has 32 heavy (non-hydrogen) atoms. The Labute approximate surface area is 187 Å². The maximum atomic E-state index is 14.7. The fraction of sp³-hybridized carbons (Fsp3) is 0.143. The Kier molecular flexibility index (Phi) is 5.14. The smallest absolute Gasteiger partial charge is 0.124 e. The van der Waals surface area contributed by atoms with Crippen LogP contribution in [0.1, 0.15) is 11.1 Å². The summed E-state index contributed by atoms with van der Waals surface area (Å²) < 4.78 is 29.3. The van der Waals surface area contributed by atoms with E-state index in [9.17, 15) is 8.78 Å². The van der Waals surface area contributed by atoms with E-state index in [0.717, 1.165) is 44.8 Å². The van der Waals surface area contributed by atoms with Gasteiger partial charge in [0.2, 0.25) is 0 Å². The number of rotatable bonds is 0. The van der Waals surface area contributed by atoms with Gasteiger partial charge in [-0.2, -0.15) is 0 Å². The van der Waals surface area contributed by atoms with Crippen molar-refractivity contribution < 1.29 is 8.78 Å². The fourth-order valence-corrected chi connectivity index (χ4v) is 4.61. The van der Waals surface area contributed by atoms with Crippen molar-refractivity contribution in [3.8, 4) is 22.3 Å². The minimum Gasteiger partial charge on any atom is -0.370 e. The molecule has 0 amide bonds. The van der Waals surface area contributed by atoms with Gasteiger partial charge < -0.3 is 9.80 Å². The number of anilines is 2. The quantitative estimate of drug-likeness (QED) is 0.302. The number of hydrogen-bond acceptors (Lipinski definition) is 2. The molecule has 5 rings (SSSR count). The Hall–Kier alpha value is -3.66. The molecule has 4 aromatic carbocycles. The summed E-state index contributed by atoms with van der Waals surface area (Å²) >= 11 is 0. The van der Waals surface area contributed by atoms with Gasteiger partial charge in [0.05, 0.1) is 0 Å². The summed E-state index contributed by atoms with van der Waals surface area (Å²) in [7, 11) is 3.97. The van der Waals surface area contributed by atoms with E-state index in [2.05, 4.69) is 21.9 Å². The van der Waals surface area contributed by atoms with Crippen molar-refractivity contribution in [2.45, 2.75) is 13.1 Å². The molecule has 0 radical (unpaired) electrons. The molecule has 2 nitrogen and oxygen atoms in total.